The molecular weight excluding hydrogens is 308 g/mol. The van der Waals surface area contributed by atoms with E-state index in [0.717, 1.165) is 0 Å². The van der Waals surface area contributed by atoms with Gasteiger partial charge in [-0.15, -0.1) is 0 Å². The van der Waals surface area contributed by atoms with E-state index < -0.39 is 10.0 Å². The monoisotopic (exact) mass is 322 g/mol. The summed E-state index contributed by atoms with van der Waals surface area (Å²) in [5.74, 6) is 0. The van der Waals surface area contributed by atoms with Crippen LogP contribution < -0.4 is 4.72 Å². The molecule has 1 rings (SSSR count). The zero-order valence-electron chi connectivity index (χ0n) is 9.52. The molecule has 17 heavy (non-hydrogen) atoms. The molecule has 0 unspecified atom stereocenters. The molecule has 0 fully saturated rings. The number of sulfonamides is 1. The third-order valence-corrected chi connectivity index (χ3v) is 3.81. The van der Waals surface area contributed by atoms with E-state index in [1.807, 2.05) is 6.92 Å². The summed E-state index contributed by atoms with van der Waals surface area (Å²) in [6.07, 6.45) is 3.50. The molecule has 0 aliphatic rings. The standard InChI is InChI=1S/C10H15BrN2O3S/c1-2-16-5-3-4-13-17(14,15)10-6-9(11)7-12-8-10/h6-8,13H,2-5H2,1H3. The summed E-state index contributed by atoms with van der Waals surface area (Å²) in [5, 5.41) is 0. The van der Waals surface area contributed by atoms with Crippen LogP contribution in [-0.4, -0.2) is 33.2 Å². The van der Waals surface area contributed by atoms with E-state index in [1.54, 1.807) is 0 Å². The Labute approximate surface area is 110 Å². The smallest absolute Gasteiger partial charge is 0.242 e. The lowest BCUT2D eigenvalue weighted by atomic mass is 10.5. The summed E-state index contributed by atoms with van der Waals surface area (Å²) in [6, 6.07) is 1.51. The van der Waals surface area contributed by atoms with Gasteiger partial charge < -0.3 is 4.74 Å². The van der Waals surface area contributed by atoms with Crippen LogP contribution in [0, 0.1) is 0 Å². The fourth-order valence-corrected chi connectivity index (χ4v) is 2.73. The van der Waals surface area contributed by atoms with E-state index in [9.17, 15) is 8.42 Å². The molecule has 1 aromatic rings. The zero-order valence-corrected chi connectivity index (χ0v) is 11.9. The Morgan fingerprint density at radius 3 is 2.88 bits per heavy atom. The summed E-state index contributed by atoms with van der Waals surface area (Å²) < 4.78 is 31.9. The van der Waals surface area contributed by atoms with Crippen molar-refractivity contribution in [2.24, 2.45) is 0 Å². The third kappa shape index (κ3) is 5.12. The summed E-state index contributed by atoms with van der Waals surface area (Å²) in [4.78, 5) is 3.97. The minimum absolute atomic E-state index is 0.156. The number of hydrogen-bond acceptors (Lipinski definition) is 4. The van der Waals surface area contributed by atoms with Crippen LogP contribution >= 0.6 is 15.9 Å². The number of aromatic nitrogens is 1. The quantitative estimate of drug-likeness (QED) is 0.773. The summed E-state index contributed by atoms with van der Waals surface area (Å²) in [5.41, 5.74) is 0. The van der Waals surface area contributed by atoms with Crippen molar-refractivity contribution in [2.45, 2.75) is 18.2 Å². The number of rotatable bonds is 7. The minimum Gasteiger partial charge on any atom is -0.382 e. The average molecular weight is 323 g/mol. The SMILES string of the molecule is CCOCCCNS(=O)(=O)c1cncc(Br)c1. The van der Waals surface area contributed by atoms with Crippen molar-refractivity contribution in [3.63, 3.8) is 0 Å². The van der Waals surface area contributed by atoms with E-state index in [1.165, 1.54) is 18.5 Å². The van der Waals surface area contributed by atoms with Gasteiger partial charge in [0.1, 0.15) is 4.90 Å². The molecule has 0 spiro atoms. The Balaban J connectivity index is 2.51. The first-order valence-electron chi connectivity index (χ1n) is 5.24. The van der Waals surface area contributed by atoms with Gasteiger partial charge in [0.25, 0.3) is 0 Å². The van der Waals surface area contributed by atoms with Crippen LogP contribution in [0.3, 0.4) is 0 Å². The van der Waals surface area contributed by atoms with E-state index in [-0.39, 0.29) is 4.90 Å². The predicted molar refractivity (Wildman–Crippen MR) is 68.2 cm³/mol. The van der Waals surface area contributed by atoms with Crippen molar-refractivity contribution in [3.05, 3.63) is 22.9 Å². The molecule has 96 valence electrons. The topological polar surface area (TPSA) is 68.3 Å². The summed E-state index contributed by atoms with van der Waals surface area (Å²) in [7, 11) is -3.47. The second-order valence-electron chi connectivity index (χ2n) is 3.29. The molecule has 0 saturated heterocycles. The molecule has 0 radical (unpaired) electrons. The van der Waals surface area contributed by atoms with Gasteiger partial charge in [0.05, 0.1) is 0 Å². The van der Waals surface area contributed by atoms with Crippen molar-refractivity contribution < 1.29 is 13.2 Å². The summed E-state index contributed by atoms with van der Waals surface area (Å²) >= 11 is 3.18. The van der Waals surface area contributed by atoms with E-state index in [0.29, 0.717) is 30.7 Å². The highest BCUT2D eigenvalue weighted by molar-refractivity contribution is 9.10. The molecule has 0 aliphatic carbocycles. The lowest BCUT2D eigenvalue weighted by Gasteiger charge is -2.06. The first-order chi connectivity index (χ1) is 8.06. The molecular formula is C10H15BrN2O3S. The Hall–Kier alpha value is -0.500. The largest absolute Gasteiger partial charge is 0.382 e. The van der Waals surface area contributed by atoms with Crippen LogP contribution in [0.2, 0.25) is 0 Å². The van der Waals surface area contributed by atoms with Crippen LogP contribution in [0.1, 0.15) is 13.3 Å². The van der Waals surface area contributed by atoms with Gasteiger partial charge in [-0.3, -0.25) is 4.98 Å². The molecule has 7 heteroatoms. The van der Waals surface area contributed by atoms with Crippen molar-refractivity contribution in [1.29, 1.82) is 0 Å². The molecule has 1 N–H and O–H groups in total. The van der Waals surface area contributed by atoms with E-state index >= 15 is 0 Å². The van der Waals surface area contributed by atoms with Crippen molar-refractivity contribution in [1.82, 2.24) is 9.71 Å². The molecule has 0 bridgehead atoms. The van der Waals surface area contributed by atoms with Crippen molar-refractivity contribution in [2.75, 3.05) is 19.8 Å². The van der Waals surface area contributed by atoms with Gasteiger partial charge in [0, 0.05) is 36.6 Å². The molecule has 0 aliphatic heterocycles. The van der Waals surface area contributed by atoms with Crippen molar-refractivity contribution >= 4 is 26.0 Å². The van der Waals surface area contributed by atoms with Gasteiger partial charge in [-0.25, -0.2) is 13.1 Å². The highest BCUT2D eigenvalue weighted by Crippen LogP contribution is 2.13. The number of ether oxygens (including phenoxy) is 1. The number of pyridine rings is 1. The maximum Gasteiger partial charge on any atom is 0.242 e. The molecule has 5 nitrogen and oxygen atoms in total. The second-order valence-corrected chi connectivity index (χ2v) is 5.97. The molecule has 0 aromatic carbocycles. The lowest BCUT2D eigenvalue weighted by molar-refractivity contribution is 0.146. The van der Waals surface area contributed by atoms with Gasteiger partial charge in [-0.1, -0.05) is 0 Å². The van der Waals surface area contributed by atoms with Gasteiger partial charge >= 0.3 is 0 Å². The van der Waals surface area contributed by atoms with Gasteiger partial charge in [0.2, 0.25) is 10.0 Å². The van der Waals surface area contributed by atoms with Crippen molar-refractivity contribution in [3.8, 4) is 0 Å². The third-order valence-electron chi connectivity index (χ3n) is 1.95. The number of nitrogens with one attached hydrogen (secondary N) is 1. The summed E-state index contributed by atoms with van der Waals surface area (Å²) in [6.45, 7) is 3.45. The molecule has 1 aromatic heterocycles. The molecule has 0 amide bonds. The Bertz CT molecular complexity index is 451. The molecule has 0 atom stereocenters. The number of hydrogen-bond donors (Lipinski definition) is 1. The van der Waals surface area contributed by atoms with Crippen LogP contribution in [-0.2, 0) is 14.8 Å². The average Bonchev–Trinajstić information content (AvgIpc) is 2.29. The normalized spacial score (nSPS) is 11.6. The van der Waals surface area contributed by atoms with Gasteiger partial charge in [-0.05, 0) is 35.3 Å². The Morgan fingerprint density at radius 2 is 2.24 bits per heavy atom. The van der Waals surface area contributed by atoms with Gasteiger partial charge in [-0.2, -0.15) is 0 Å². The van der Waals surface area contributed by atoms with Crippen LogP contribution in [0.4, 0.5) is 0 Å². The maximum atomic E-state index is 11.8. The fourth-order valence-electron chi connectivity index (χ4n) is 1.15. The first kappa shape index (κ1) is 14.6. The first-order valence-corrected chi connectivity index (χ1v) is 7.52. The second kappa shape index (κ2) is 7.05. The molecule has 0 saturated carbocycles. The van der Waals surface area contributed by atoms with Gasteiger partial charge in [0.15, 0.2) is 0 Å². The van der Waals surface area contributed by atoms with Crippen LogP contribution in [0.5, 0.6) is 0 Å². The highest BCUT2D eigenvalue weighted by Gasteiger charge is 2.13. The van der Waals surface area contributed by atoms with E-state index in [4.69, 9.17) is 4.74 Å². The number of halogens is 1. The highest BCUT2D eigenvalue weighted by atomic mass is 79.9. The zero-order chi connectivity index (χ0) is 12.7. The Kier molecular flexibility index (Phi) is 6.04. The molecule has 1 heterocycles. The van der Waals surface area contributed by atoms with Crippen LogP contribution in [0.15, 0.2) is 27.8 Å². The van der Waals surface area contributed by atoms with E-state index in [2.05, 4.69) is 25.6 Å². The lowest BCUT2D eigenvalue weighted by Crippen LogP contribution is -2.25. The van der Waals surface area contributed by atoms with Crippen LogP contribution in [0.25, 0.3) is 0 Å². The minimum atomic E-state index is -3.47. The fraction of sp³-hybridized carbons (Fsp3) is 0.500. The predicted octanol–water partition coefficient (Wildman–Crippen LogP) is 1.55. The Morgan fingerprint density at radius 1 is 1.47 bits per heavy atom. The maximum absolute atomic E-state index is 11.8. The number of nitrogens with zero attached hydrogens (tertiary/aromatic N) is 1.